The molecule has 0 fully saturated rings. The Kier molecular flexibility index (Phi) is 4.28. The molecule has 5 heteroatoms. The van der Waals surface area contributed by atoms with Gasteiger partial charge in [-0.2, -0.15) is 0 Å². The van der Waals surface area contributed by atoms with Gasteiger partial charge in [0, 0.05) is 0 Å². The molecule has 1 unspecified atom stereocenters. The van der Waals surface area contributed by atoms with Crippen LogP contribution in [0.2, 0.25) is 0 Å². The lowest BCUT2D eigenvalue weighted by atomic mass is 10.2. The second-order valence-corrected chi connectivity index (χ2v) is 6.02. The molecule has 0 saturated heterocycles. The second kappa shape index (κ2) is 5.31. The maximum atomic E-state index is 12.2. The van der Waals surface area contributed by atoms with E-state index in [4.69, 9.17) is 5.11 Å². The molecule has 0 spiro atoms. The molecule has 0 bridgehead atoms. The fourth-order valence-electron chi connectivity index (χ4n) is 1.70. The van der Waals surface area contributed by atoms with Crippen LogP contribution in [0.3, 0.4) is 0 Å². The Bertz CT molecular complexity index is 505. The zero-order valence-corrected chi connectivity index (χ0v) is 10.7. The van der Waals surface area contributed by atoms with Gasteiger partial charge in [-0.3, -0.25) is 4.79 Å². The first-order chi connectivity index (χ1) is 7.91. The summed E-state index contributed by atoms with van der Waals surface area (Å²) in [6.45, 7) is 3.43. The Morgan fingerprint density at radius 1 is 1.35 bits per heavy atom. The van der Waals surface area contributed by atoms with Crippen molar-refractivity contribution in [1.82, 2.24) is 0 Å². The molecule has 1 aromatic rings. The first-order valence-electron chi connectivity index (χ1n) is 5.43. The number of carboxylic acids is 1. The van der Waals surface area contributed by atoms with Crippen LogP contribution in [0.4, 0.5) is 0 Å². The summed E-state index contributed by atoms with van der Waals surface area (Å²) >= 11 is 0. The zero-order chi connectivity index (χ0) is 13.1. The van der Waals surface area contributed by atoms with Crippen LogP contribution in [0, 0.1) is 6.92 Å². The number of carboxylic acid groups (broad SMARTS) is 1. The van der Waals surface area contributed by atoms with Crippen LogP contribution in [0.5, 0.6) is 0 Å². The van der Waals surface area contributed by atoms with Crippen molar-refractivity contribution >= 4 is 15.8 Å². The Labute approximate surface area is 101 Å². The van der Waals surface area contributed by atoms with Crippen LogP contribution < -0.4 is 0 Å². The standard InChI is InChI=1S/C12H16O4S/c1-3-6-11(12(13)14)17(15,16)10-8-5-4-7-9(10)2/h4-5,7-8,11H,3,6H2,1-2H3,(H,13,14). The molecule has 0 aromatic heterocycles. The van der Waals surface area contributed by atoms with Gasteiger partial charge in [-0.05, 0) is 25.0 Å². The van der Waals surface area contributed by atoms with E-state index in [0.29, 0.717) is 12.0 Å². The minimum absolute atomic E-state index is 0.112. The number of hydrogen-bond acceptors (Lipinski definition) is 3. The third kappa shape index (κ3) is 2.85. The van der Waals surface area contributed by atoms with Gasteiger partial charge in [0.1, 0.15) is 0 Å². The van der Waals surface area contributed by atoms with E-state index in [2.05, 4.69) is 0 Å². The Balaban J connectivity index is 3.27. The topological polar surface area (TPSA) is 71.4 Å². The molecule has 1 aromatic carbocycles. The van der Waals surface area contributed by atoms with Crippen molar-refractivity contribution in [1.29, 1.82) is 0 Å². The summed E-state index contributed by atoms with van der Waals surface area (Å²) in [5.74, 6) is -1.28. The minimum atomic E-state index is -3.79. The molecular weight excluding hydrogens is 240 g/mol. The monoisotopic (exact) mass is 256 g/mol. The molecular formula is C12H16O4S. The van der Waals surface area contributed by atoms with Crippen molar-refractivity contribution in [3.8, 4) is 0 Å². The van der Waals surface area contributed by atoms with Crippen LogP contribution in [0.25, 0.3) is 0 Å². The first kappa shape index (κ1) is 13.7. The Morgan fingerprint density at radius 2 is 1.94 bits per heavy atom. The van der Waals surface area contributed by atoms with E-state index in [-0.39, 0.29) is 11.3 Å². The van der Waals surface area contributed by atoms with Gasteiger partial charge < -0.3 is 5.11 Å². The van der Waals surface area contributed by atoms with Crippen molar-refractivity contribution in [2.75, 3.05) is 0 Å². The van der Waals surface area contributed by atoms with Crippen LogP contribution in [-0.2, 0) is 14.6 Å². The van der Waals surface area contributed by atoms with Crippen molar-refractivity contribution in [3.05, 3.63) is 29.8 Å². The lowest BCUT2D eigenvalue weighted by Crippen LogP contribution is -2.30. The van der Waals surface area contributed by atoms with Crippen molar-refractivity contribution in [2.45, 2.75) is 36.8 Å². The average Bonchev–Trinajstić information content (AvgIpc) is 2.25. The van der Waals surface area contributed by atoms with Gasteiger partial charge in [-0.15, -0.1) is 0 Å². The molecule has 0 aliphatic heterocycles. The van der Waals surface area contributed by atoms with Gasteiger partial charge in [-0.1, -0.05) is 31.5 Å². The predicted octanol–water partition coefficient (Wildman–Crippen LogP) is 2.02. The molecule has 0 amide bonds. The summed E-state index contributed by atoms with van der Waals surface area (Å²) in [6, 6.07) is 6.45. The molecule has 0 saturated carbocycles. The number of benzene rings is 1. The summed E-state index contributed by atoms with van der Waals surface area (Å²) in [5, 5.41) is 7.66. The molecule has 0 heterocycles. The van der Waals surface area contributed by atoms with Crippen molar-refractivity contribution in [2.24, 2.45) is 0 Å². The predicted molar refractivity (Wildman–Crippen MR) is 64.7 cm³/mol. The van der Waals surface area contributed by atoms with Gasteiger partial charge in [0.2, 0.25) is 0 Å². The maximum absolute atomic E-state index is 12.2. The van der Waals surface area contributed by atoms with Gasteiger partial charge in [0.25, 0.3) is 0 Å². The highest BCUT2D eigenvalue weighted by Gasteiger charge is 2.33. The van der Waals surface area contributed by atoms with E-state index < -0.39 is 21.1 Å². The summed E-state index contributed by atoms with van der Waals surface area (Å²) in [4.78, 5) is 11.2. The third-order valence-electron chi connectivity index (χ3n) is 2.60. The Hall–Kier alpha value is -1.36. The summed E-state index contributed by atoms with van der Waals surface area (Å²) < 4.78 is 24.4. The summed E-state index contributed by atoms with van der Waals surface area (Å²) in [5.41, 5.74) is 0.579. The first-order valence-corrected chi connectivity index (χ1v) is 6.98. The summed E-state index contributed by atoms with van der Waals surface area (Å²) in [7, 11) is -3.79. The average molecular weight is 256 g/mol. The second-order valence-electron chi connectivity index (χ2n) is 3.93. The van der Waals surface area contributed by atoms with E-state index in [0.717, 1.165) is 0 Å². The largest absolute Gasteiger partial charge is 0.480 e. The van der Waals surface area contributed by atoms with E-state index in [1.54, 1.807) is 32.0 Å². The Morgan fingerprint density at radius 3 is 2.41 bits per heavy atom. The van der Waals surface area contributed by atoms with E-state index in [1.165, 1.54) is 6.07 Å². The SMILES string of the molecule is CCCC(C(=O)O)S(=O)(=O)c1ccccc1C. The highest BCUT2D eigenvalue weighted by molar-refractivity contribution is 7.92. The quantitative estimate of drug-likeness (QED) is 0.874. The molecule has 1 N–H and O–H groups in total. The normalized spacial score (nSPS) is 13.3. The molecule has 0 aliphatic carbocycles. The van der Waals surface area contributed by atoms with Gasteiger partial charge >= 0.3 is 5.97 Å². The fourth-order valence-corrected chi connectivity index (χ4v) is 3.61. The lowest BCUT2D eigenvalue weighted by Gasteiger charge is -2.14. The third-order valence-corrected chi connectivity index (χ3v) is 4.86. The van der Waals surface area contributed by atoms with Gasteiger partial charge in [-0.25, -0.2) is 8.42 Å². The number of sulfone groups is 1. The lowest BCUT2D eigenvalue weighted by molar-refractivity contribution is -0.136. The van der Waals surface area contributed by atoms with Gasteiger partial charge in [0.05, 0.1) is 4.90 Å². The van der Waals surface area contributed by atoms with E-state index in [1.807, 2.05) is 0 Å². The molecule has 0 radical (unpaired) electrons. The molecule has 17 heavy (non-hydrogen) atoms. The van der Waals surface area contributed by atoms with E-state index >= 15 is 0 Å². The number of hydrogen-bond donors (Lipinski definition) is 1. The molecule has 94 valence electrons. The zero-order valence-electron chi connectivity index (χ0n) is 9.88. The number of aliphatic carboxylic acids is 1. The molecule has 0 aliphatic rings. The smallest absolute Gasteiger partial charge is 0.322 e. The highest BCUT2D eigenvalue weighted by atomic mass is 32.2. The van der Waals surface area contributed by atoms with Crippen LogP contribution in [0.15, 0.2) is 29.2 Å². The molecule has 4 nitrogen and oxygen atoms in total. The van der Waals surface area contributed by atoms with E-state index in [9.17, 15) is 13.2 Å². The fraction of sp³-hybridized carbons (Fsp3) is 0.417. The van der Waals surface area contributed by atoms with Crippen LogP contribution in [-0.4, -0.2) is 24.7 Å². The van der Waals surface area contributed by atoms with Crippen molar-refractivity contribution in [3.63, 3.8) is 0 Å². The maximum Gasteiger partial charge on any atom is 0.322 e. The molecule has 1 rings (SSSR count). The minimum Gasteiger partial charge on any atom is -0.480 e. The van der Waals surface area contributed by atoms with Crippen LogP contribution in [0.1, 0.15) is 25.3 Å². The molecule has 1 atom stereocenters. The van der Waals surface area contributed by atoms with Crippen LogP contribution >= 0.6 is 0 Å². The number of aryl methyl sites for hydroxylation is 1. The van der Waals surface area contributed by atoms with Crippen molar-refractivity contribution < 1.29 is 18.3 Å². The summed E-state index contributed by atoms with van der Waals surface area (Å²) in [6.07, 6.45) is 0.647. The number of rotatable bonds is 5. The van der Waals surface area contributed by atoms with Gasteiger partial charge in [0.15, 0.2) is 15.1 Å². The highest BCUT2D eigenvalue weighted by Crippen LogP contribution is 2.22. The number of carbonyl (C=O) groups is 1.